The van der Waals surface area contributed by atoms with Crippen LogP contribution in [-0.2, 0) is 11.2 Å². The molecule has 1 N–H and O–H groups in total. The molecule has 0 saturated heterocycles. The van der Waals surface area contributed by atoms with Crippen molar-refractivity contribution in [3.8, 4) is 0 Å². The molecule has 0 unspecified atom stereocenters. The number of benzene rings is 1. The zero-order valence-corrected chi connectivity index (χ0v) is 13.2. The van der Waals surface area contributed by atoms with Crippen molar-refractivity contribution in [2.24, 2.45) is 0 Å². The molecule has 0 aliphatic rings. The number of fused-ring (bicyclic) bond motifs is 1. The Balaban J connectivity index is 2.15. The Hall–Kier alpha value is -2.89. The number of hydrogen-bond donors (Lipinski definition) is 1. The summed E-state index contributed by atoms with van der Waals surface area (Å²) >= 11 is 0. The molecular formula is C17H17N3O3. The molecule has 0 fully saturated rings. The maximum atomic E-state index is 12.7. The van der Waals surface area contributed by atoms with Crippen molar-refractivity contribution in [3.63, 3.8) is 0 Å². The summed E-state index contributed by atoms with van der Waals surface area (Å²) in [4.78, 5) is 28.9. The van der Waals surface area contributed by atoms with E-state index in [0.29, 0.717) is 17.7 Å². The molecular weight excluding hydrogens is 294 g/mol. The molecule has 0 saturated carbocycles. The highest BCUT2D eigenvalue weighted by atomic mass is 16.5. The summed E-state index contributed by atoms with van der Waals surface area (Å²) in [7, 11) is 1.29. The molecule has 3 rings (SSSR count). The fourth-order valence-electron chi connectivity index (χ4n) is 2.62. The summed E-state index contributed by atoms with van der Waals surface area (Å²) in [5, 5.41) is 2.78. The van der Waals surface area contributed by atoms with Crippen LogP contribution in [0.1, 0.15) is 32.7 Å². The van der Waals surface area contributed by atoms with Gasteiger partial charge >= 0.3 is 5.97 Å². The maximum absolute atomic E-state index is 12.7. The van der Waals surface area contributed by atoms with Crippen molar-refractivity contribution in [1.82, 2.24) is 14.6 Å². The quantitative estimate of drug-likeness (QED) is 0.751. The monoisotopic (exact) mass is 311 g/mol. The molecule has 1 aromatic carbocycles. The van der Waals surface area contributed by atoms with Crippen LogP contribution in [0.5, 0.6) is 0 Å². The summed E-state index contributed by atoms with van der Waals surface area (Å²) in [6, 6.07) is 7.93. The fraction of sp³-hybridized carbons (Fsp3) is 0.235. The molecule has 0 aliphatic carbocycles. The second-order valence-corrected chi connectivity index (χ2v) is 5.42. The SMILES string of the molecule is COC(=O)c1c[nH]n2c(=O)c(Cc3ccccc3C)c(C)nc12. The third-order valence-corrected chi connectivity index (χ3v) is 4.00. The predicted molar refractivity (Wildman–Crippen MR) is 85.9 cm³/mol. The molecule has 6 nitrogen and oxygen atoms in total. The molecule has 0 aliphatic heterocycles. The first-order chi connectivity index (χ1) is 11.0. The van der Waals surface area contributed by atoms with E-state index >= 15 is 0 Å². The number of rotatable bonds is 3. The summed E-state index contributed by atoms with van der Waals surface area (Å²) in [5.74, 6) is -0.526. The molecule has 23 heavy (non-hydrogen) atoms. The Morgan fingerprint density at radius 1 is 1.30 bits per heavy atom. The van der Waals surface area contributed by atoms with E-state index in [1.54, 1.807) is 6.92 Å². The van der Waals surface area contributed by atoms with Gasteiger partial charge in [0.2, 0.25) is 0 Å². The van der Waals surface area contributed by atoms with E-state index in [4.69, 9.17) is 4.74 Å². The van der Waals surface area contributed by atoms with Gasteiger partial charge in [-0.2, -0.15) is 0 Å². The smallest absolute Gasteiger partial charge is 0.343 e. The minimum atomic E-state index is -0.526. The average molecular weight is 311 g/mol. The van der Waals surface area contributed by atoms with E-state index in [1.807, 2.05) is 31.2 Å². The van der Waals surface area contributed by atoms with Crippen LogP contribution in [0, 0.1) is 13.8 Å². The molecule has 118 valence electrons. The number of aromatic nitrogens is 3. The van der Waals surface area contributed by atoms with E-state index in [-0.39, 0.29) is 16.8 Å². The minimum Gasteiger partial charge on any atom is -0.465 e. The van der Waals surface area contributed by atoms with Crippen LogP contribution in [0.2, 0.25) is 0 Å². The lowest BCUT2D eigenvalue weighted by atomic mass is 10.0. The third kappa shape index (κ3) is 2.52. The molecule has 6 heteroatoms. The van der Waals surface area contributed by atoms with Gasteiger partial charge < -0.3 is 4.74 Å². The van der Waals surface area contributed by atoms with Gasteiger partial charge in [0.1, 0.15) is 5.56 Å². The largest absolute Gasteiger partial charge is 0.465 e. The first-order valence-corrected chi connectivity index (χ1v) is 7.25. The van der Waals surface area contributed by atoms with E-state index in [1.165, 1.54) is 17.8 Å². The molecule has 0 amide bonds. The molecule has 0 spiro atoms. The number of nitrogens with one attached hydrogen (secondary N) is 1. The van der Waals surface area contributed by atoms with Gasteiger partial charge in [0.05, 0.1) is 7.11 Å². The lowest BCUT2D eigenvalue weighted by molar-refractivity contribution is 0.0602. The topological polar surface area (TPSA) is 76.5 Å². The summed E-state index contributed by atoms with van der Waals surface area (Å²) in [6.45, 7) is 3.79. The third-order valence-electron chi connectivity index (χ3n) is 4.00. The summed E-state index contributed by atoms with van der Waals surface area (Å²) in [5.41, 5.74) is 3.75. The van der Waals surface area contributed by atoms with Crippen molar-refractivity contribution >= 4 is 11.6 Å². The zero-order chi connectivity index (χ0) is 16.6. The number of aryl methyl sites for hydroxylation is 2. The molecule has 2 aromatic heterocycles. The van der Waals surface area contributed by atoms with Crippen LogP contribution in [0.4, 0.5) is 0 Å². The molecule has 0 bridgehead atoms. The van der Waals surface area contributed by atoms with Crippen LogP contribution in [0.3, 0.4) is 0 Å². The second kappa shape index (κ2) is 5.72. The first kappa shape index (κ1) is 15.0. The summed E-state index contributed by atoms with van der Waals surface area (Å²) < 4.78 is 5.99. The summed E-state index contributed by atoms with van der Waals surface area (Å²) in [6.07, 6.45) is 1.94. The van der Waals surface area contributed by atoms with Crippen LogP contribution < -0.4 is 5.56 Å². The minimum absolute atomic E-state index is 0.203. The van der Waals surface area contributed by atoms with Gasteiger partial charge in [-0.05, 0) is 25.0 Å². The van der Waals surface area contributed by atoms with Crippen molar-refractivity contribution < 1.29 is 9.53 Å². The highest BCUT2D eigenvalue weighted by Crippen LogP contribution is 2.15. The van der Waals surface area contributed by atoms with Gasteiger partial charge in [-0.3, -0.25) is 9.89 Å². The first-order valence-electron chi connectivity index (χ1n) is 7.25. The Morgan fingerprint density at radius 2 is 2.04 bits per heavy atom. The number of carbonyl (C=O) groups is 1. The maximum Gasteiger partial charge on any atom is 0.343 e. The van der Waals surface area contributed by atoms with Gasteiger partial charge in [-0.15, -0.1) is 0 Å². The van der Waals surface area contributed by atoms with E-state index in [0.717, 1.165) is 11.1 Å². The van der Waals surface area contributed by atoms with Crippen molar-refractivity contribution in [2.75, 3.05) is 7.11 Å². The number of esters is 1. The van der Waals surface area contributed by atoms with E-state index in [2.05, 4.69) is 10.1 Å². The van der Waals surface area contributed by atoms with Gasteiger partial charge in [0.25, 0.3) is 5.56 Å². The normalized spacial score (nSPS) is 10.9. The predicted octanol–water partition coefficient (Wildman–Crippen LogP) is 2.02. The molecule has 3 aromatic rings. The standard InChI is InChI=1S/C17H17N3O3/c1-10-6-4-5-7-12(10)8-13-11(2)19-15-14(17(22)23-3)9-18-20(15)16(13)21/h4-7,9,18H,8H2,1-3H3. The van der Waals surface area contributed by atoms with Crippen LogP contribution in [0.15, 0.2) is 35.3 Å². The van der Waals surface area contributed by atoms with Gasteiger partial charge in [0.15, 0.2) is 5.65 Å². The van der Waals surface area contributed by atoms with Crippen molar-refractivity contribution in [3.05, 3.63) is 68.8 Å². The van der Waals surface area contributed by atoms with Crippen LogP contribution in [0.25, 0.3) is 5.65 Å². The molecule has 2 heterocycles. The fourth-order valence-corrected chi connectivity index (χ4v) is 2.62. The number of carbonyl (C=O) groups excluding carboxylic acids is 1. The van der Waals surface area contributed by atoms with Gasteiger partial charge in [-0.25, -0.2) is 14.3 Å². The van der Waals surface area contributed by atoms with Gasteiger partial charge in [0, 0.05) is 23.9 Å². The van der Waals surface area contributed by atoms with Crippen molar-refractivity contribution in [2.45, 2.75) is 20.3 Å². The molecule has 0 atom stereocenters. The molecule has 0 radical (unpaired) electrons. The Kier molecular flexibility index (Phi) is 3.73. The Labute approximate surface area is 132 Å². The second-order valence-electron chi connectivity index (χ2n) is 5.42. The lowest BCUT2D eigenvalue weighted by Gasteiger charge is -2.08. The number of hydrogen-bond acceptors (Lipinski definition) is 4. The highest BCUT2D eigenvalue weighted by Gasteiger charge is 2.18. The Morgan fingerprint density at radius 3 is 2.74 bits per heavy atom. The number of H-pyrrole nitrogens is 1. The number of aromatic amines is 1. The highest BCUT2D eigenvalue weighted by molar-refractivity contribution is 5.95. The Bertz CT molecular complexity index is 953. The number of ether oxygens (including phenoxy) is 1. The lowest BCUT2D eigenvalue weighted by Crippen LogP contribution is -2.22. The van der Waals surface area contributed by atoms with Crippen LogP contribution >= 0.6 is 0 Å². The number of nitrogens with zero attached hydrogens (tertiary/aromatic N) is 2. The van der Waals surface area contributed by atoms with Crippen molar-refractivity contribution in [1.29, 1.82) is 0 Å². The van der Waals surface area contributed by atoms with Crippen LogP contribution in [-0.4, -0.2) is 27.7 Å². The average Bonchev–Trinajstić information content (AvgIpc) is 2.96. The van der Waals surface area contributed by atoms with E-state index < -0.39 is 5.97 Å². The van der Waals surface area contributed by atoms with Gasteiger partial charge in [-0.1, -0.05) is 24.3 Å². The number of methoxy groups -OCH3 is 1. The zero-order valence-electron chi connectivity index (χ0n) is 13.2. The van der Waals surface area contributed by atoms with E-state index in [9.17, 15) is 9.59 Å².